The van der Waals surface area contributed by atoms with Crippen LogP contribution in [0.4, 0.5) is 5.69 Å². The molecule has 0 spiro atoms. The smallest absolute Gasteiger partial charge is 0.269 e. The maximum atomic E-state index is 11.7. The van der Waals surface area contributed by atoms with Crippen LogP contribution in [0, 0.1) is 10.1 Å². The summed E-state index contributed by atoms with van der Waals surface area (Å²) in [7, 11) is 0. The normalized spacial score (nSPS) is 13.4. The molecule has 2 aromatic rings. The summed E-state index contributed by atoms with van der Waals surface area (Å²) >= 11 is 0. The second kappa shape index (κ2) is 4.38. The summed E-state index contributed by atoms with van der Waals surface area (Å²) in [4.78, 5) is 33.4. The van der Waals surface area contributed by atoms with Crippen molar-refractivity contribution in [3.63, 3.8) is 0 Å². The number of nitrogens with zero attached hydrogens (tertiary/aromatic N) is 1. The molecule has 1 aliphatic carbocycles. The lowest BCUT2D eigenvalue weighted by Crippen LogP contribution is -1.92. The molecule has 0 N–H and O–H groups in total. The molecule has 0 atom stereocenters. The summed E-state index contributed by atoms with van der Waals surface area (Å²) in [5.74, 6) is -0.325. The van der Waals surface area contributed by atoms with Crippen LogP contribution < -0.4 is 0 Å². The van der Waals surface area contributed by atoms with Crippen molar-refractivity contribution in [1.29, 1.82) is 0 Å². The van der Waals surface area contributed by atoms with E-state index in [-0.39, 0.29) is 23.7 Å². The van der Waals surface area contributed by atoms with Gasteiger partial charge in [0.2, 0.25) is 0 Å². The second-order valence-electron chi connectivity index (χ2n) is 4.59. The van der Waals surface area contributed by atoms with Crippen molar-refractivity contribution >= 4 is 17.3 Å². The molecule has 0 saturated carbocycles. The number of non-ortho nitro benzene ring substituents is 1. The Labute approximate surface area is 114 Å². The van der Waals surface area contributed by atoms with Crippen LogP contribution in [0.15, 0.2) is 42.5 Å². The Morgan fingerprint density at radius 3 is 2.10 bits per heavy atom. The predicted molar refractivity (Wildman–Crippen MR) is 71.8 cm³/mol. The van der Waals surface area contributed by atoms with Gasteiger partial charge in [-0.15, -0.1) is 0 Å². The second-order valence-corrected chi connectivity index (χ2v) is 4.59. The van der Waals surface area contributed by atoms with Gasteiger partial charge in [0, 0.05) is 23.3 Å². The van der Waals surface area contributed by atoms with Gasteiger partial charge < -0.3 is 0 Å². The highest BCUT2D eigenvalue weighted by atomic mass is 16.6. The molecule has 0 radical (unpaired) electrons. The fraction of sp³-hybridized carbons (Fsp3) is 0.0667. The molecule has 0 unspecified atom stereocenters. The van der Waals surface area contributed by atoms with Gasteiger partial charge in [0.1, 0.15) is 0 Å². The molecule has 20 heavy (non-hydrogen) atoms. The molecule has 0 amide bonds. The number of carbonyl (C=O) groups excluding carboxylic acids is 2. The molecule has 98 valence electrons. The van der Waals surface area contributed by atoms with Gasteiger partial charge in [-0.3, -0.25) is 19.7 Å². The molecule has 1 aliphatic rings. The van der Waals surface area contributed by atoms with Crippen molar-refractivity contribution in [1.82, 2.24) is 0 Å². The first-order chi connectivity index (χ1) is 9.56. The van der Waals surface area contributed by atoms with Gasteiger partial charge in [-0.05, 0) is 29.3 Å². The molecule has 0 aromatic heterocycles. The highest BCUT2D eigenvalue weighted by Gasteiger charge is 2.27. The average Bonchev–Trinajstić information content (AvgIpc) is 2.74. The lowest BCUT2D eigenvalue weighted by atomic mass is 10.00. The van der Waals surface area contributed by atoms with Crippen LogP contribution in [0.5, 0.6) is 0 Å². The van der Waals surface area contributed by atoms with E-state index in [1.54, 1.807) is 30.3 Å². The molecule has 5 nitrogen and oxygen atoms in total. The molecule has 0 heterocycles. The summed E-state index contributed by atoms with van der Waals surface area (Å²) in [5.41, 5.74) is 2.44. The Morgan fingerprint density at radius 1 is 0.850 bits per heavy atom. The molecule has 0 bridgehead atoms. The maximum absolute atomic E-state index is 11.7. The Morgan fingerprint density at radius 2 is 1.45 bits per heavy atom. The highest BCUT2D eigenvalue weighted by Crippen LogP contribution is 2.29. The largest absolute Gasteiger partial charge is 0.294 e. The van der Waals surface area contributed by atoms with Crippen molar-refractivity contribution in [2.45, 2.75) is 6.42 Å². The first-order valence-corrected chi connectivity index (χ1v) is 6.01. The van der Waals surface area contributed by atoms with Crippen LogP contribution in [0.2, 0.25) is 0 Å². The van der Waals surface area contributed by atoms with Crippen LogP contribution >= 0.6 is 0 Å². The van der Waals surface area contributed by atoms with Gasteiger partial charge in [0.25, 0.3) is 5.69 Å². The number of nitro groups is 1. The van der Waals surface area contributed by atoms with Gasteiger partial charge in [-0.1, -0.05) is 12.1 Å². The van der Waals surface area contributed by atoms with Gasteiger partial charge in [0.05, 0.1) is 11.3 Å². The number of carbonyl (C=O) groups is 2. The van der Waals surface area contributed by atoms with Crippen molar-refractivity contribution in [3.8, 4) is 11.1 Å². The minimum Gasteiger partial charge on any atom is -0.294 e. The van der Waals surface area contributed by atoms with E-state index in [4.69, 9.17) is 0 Å². The zero-order chi connectivity index (χ0) is 14.3. The SMILES string of the molecule is O=C1CC(=O)c2cc(-c3ccc([N+](=O)[O-])cc3)ccc21. The molecule has 0 saturated heterocycles. The number of hydrogen-bond acceptors (Lipinski definition) is 4. The highest BCUT2D eigenvalue weighted by molar-refractivity contribution is 6.24. The first kappa shape index (κ1) is 12.2. The molecule has 5 heteroatoms. The maximum Gasteiger partial charge on any atom is 0.269 e. The molecule has 0 fully saturated rings. The monoisotopic (exact) mass is 267 g/mol. The van der Waals surface area contributed by atoms with E-state index in [1.165, 1.54) is 12.1 Å². The van der Waals surface area contributed by atoms with E-state index < -0.39 is 4.92 Å². The van der Waals surface area contributed by atoms with Gasteiger partial charge in [-0.2, -0.15) is 0 Å². The molecule has 0 aliphatic heterocycles. The Hall–Kier alpha value is -2.82. The van der Waals surface area contributed by atoms with E-state index in [0.717, 1.165) is 11.1 Å². The number of fused-ring (bicyclic) bond motifs is 1. The van der Waals surface area contributed by atoms with E-state index >= 15 is 0 Å². The first-order valence-electron chi connectivity index (χ1n) is 6.01. The Bertz CT molecular complexity index is 747. The number of benzene rings is 2. The van der Waals surface area contributed by atoms with Crippen molar-refractivity contribution < 1.29 is 14.5 Å². The van der Waals surface area contributed by atoms with E-state index in [1.807, 2.05) is 0 Å². The average molecular weight is 267 g/mol. The predicted octanol–water partition coefficient (Wildman–Crippen LogP) is 3.03. The van der Waals surface area contributed by atoms with E-state index in [0.29, 0.717) is 11.1 Å². The quantitative estimate of drug-likeness (QED) is 0.476. The van der Waals surface area contributed by atoms with Crippen molar-refractivity contribution in [2.75, 3.05) is 0 Å². The molecular weight excluding hydrogens is 258 g/mol. The lowest BCUT2D eigenvalue weighted by molar-refractivity contribution is -0.384. The molecule has 3 rings (SSSR count). The fourth-order valence-electron chi connectivity index (χ4n) is 2.31. The van der Waals surface area contributed by atoms with Crippen LogP contribution in [0.3, 0.4) is 0 Å². The van der Waals surface area contributed by atoms with Crippen LogP contribution in [0.1, 0.15) is 27.1 Å². The van der Waals surface area contributed by atoms with Crippen molar-refractivity contribution in [3.05, 3.63) is 63.7 Å². The Kier molecular flexibility index (Phi) is 2.68. The number of nitro benzene ring substituents is 1. The summed E-state index contributed by atoms with van der Waals surface area (Å²) in [5, 5.41) is 10.6. The Balaban J connectivity index is 2.03. The standard InChI is InChI=1S/C15H9NO4/c17-14-8-15(18)13-7-10(3-6-12(13)14)9-1-4-11(5-2-9)16(19)20/h1-7H,8H2. The number of hydrogen-bond donors (Lipinski definition) is 0. The number of ketones is 2. The minimum absolute atomic E-state index is 0.0150. The number of Topliss-reactive ketones (excluding diaryl/α,β-unsaturated/α-hetero) is 2. The summed E-state index contributed by atoms with van der Waals surface area (Å²) in [6.07, 6.45) is -0.0704. The summed E-state index contributed by atoms with van der Waals surface area (Å²) in [6, 6.07) is 11.1. The van der Waals surface area contributed by atoms with Gasteiger partial charge in [-0.25, -0.2) is 0 Å². The van der Waals surface area contributed by atoms with E-state index in [9.17, 15) is 19.7 Å². The van der Waals surface area contributed by atoms with E-state index in [2.05, 4.69) is 0 Å². The third-order valence-corrected chi connectivity index (χ3v) is 3.35. The summed E-state index contributed by atoms with van der Waals surface area (Å²) in [6.45, 7) is 0. The fourth-order valence-corrected chi connectivity index (χ4v) is 2.31. The van der Waals surface area contributed by atoms with Gasteiger partial charge >= 0.3 is 0 Å². The minimum atomic E-state index is -0.464. The third-order valence-electron chi connectivity index (χ3n) is 3.35. The topological polar surface area (TPSA) is 77.3 Å². The molecular formula is C15H9NO4. The lowest BCUT2D eigenvalue weighted by Gasteiger charge is -2.04. The third kappa shape index (κ3) is 1.89. The zero-order valence-electron chi connectivity index (χ0n) is 10.3. The summed E-state index contributed by atoms with van der Waals surface area (Å²) < 4.78 is 0. The van der Waals surface area contributed by atoms with Crippen LogP contribution in [-0.2, 0) is 0 Å². The van der Waals surface area contributed by atoms with Crippen LogP contribution in [0.25, 0.3) is 11.1 Å². The number of rotatable bonds is 2. The zero-order valence-corrected chi connectivity index (χ0v) is 10.3. The van der Waals surface area contributed by atoms with Crippen molar-refractivity contribution in [2.24, 2.45) is 0 Å². The van der Waals surface area contributed by atoms with Crippen LogP contribution in [-0.4, -0.2) is 16.5 Å². The molecule has 2 aromatic carbocycles. The van der Waals surface area contributed by atoms with Gasteiger partial charge in [0.15, 0.2) is 11.6 Å².